The maximum absolute atomic E-state index is 12.2. The predicted molar refractivity (Wildman–Crippen MR) is 91.5 cm³/mol. The van der Waals surface area contributed by atoms with Gasteiger partial charge >= 0.3 is 0 Å². The molecular formula is C19H30N2O. The monoisotopic (exact) mass is 302 g/mol. The number of rotatable bonds is 6. The Morgan fingerprint density at radius 3 is 2.77 bits per heavy atom. The molecule has 122 valence electrons. The minimum absolute atomic E-state index is 0.0847. The number of unbranched alkanes of at least 4 members (excludes halogenated alkanes) is 1. The summed E-state index contributed by atoms with van der Waals surface area (Å²) in [5.41, 5.74) is 10.2. The van der Waals surface area contributed by atoms with Crippen LogP contribution < -0.4 is 5.73 Å². The number of nitrogens with zero attached hydrogens (tertiary/aromatic N) is 1. The van der Waals surface area contributed by atoms with Crippen LogP contribution in [-0.4, -0.2) is 17.4 Å². The zero-order valence-corrected chi connectivity index (χ0v) is 14.3. The average Bonchev–Trinajstić information content (AvgIpc) is 2.57. The highest BCUT2D eigenvalue weighted by Gasteiger charge is 2.22. The third-order valence-corrected chi connectivity index (χ3v) is 4.98. The highest BCUT2D eigenvalue weighted by Crippen LogP contribution is 2.27. The van der Waals surface area contributed by atoms with Crippen molar-refractivity contribution in [3.63, 3.8) is 0 Å². The third kappa shape index (κ3) is 3.89. The molecule has 0 saturated carbocycles. The van der Waals surface area contributed by atoms with E-state index in [9.17, 15) is 4.79 Å². The van der Waals surface area contributed by atoms with Crippen LogP contribution in [0.1, 0.15) is 69.2 Å². The van der Waals surface area contributed by atoms with Crippen molar-refractivity contribution in [3.05, 3.63) is 34.9 Å². The van der Waals surface area contributed by atoms with Crippen LogP contribution in [0.3, 0.4) is 0 Å². The van der Waals surface area contributed by atoms with Gasteiger partial charge in [0.2, 0.25) is 5.91 Å². The van der Waals surface area contributed by atoms with Gasteiger partial charge in [-0.1, -0.05) is 51.8 Å². The molecule has 2 N–H and O–H groups in total. The smallest absolute Gasteiger partial charge is 0.222 e. The summed E-state index contributed by atoms with van der Waals surface area (Å²) in [6, 6.07) is 6.69. The Labute approximate surface area is 134 Å². The summed E-state index contributed by atoms with van der Waals surface area (Å²) >= 11 is 0. The molecule has 0 fully saturated rings. The van der Waals surface area contributed by atoms with Crippen LogP contribution in [0.2, 0.25) is 0 Å². The van der Waals surface area contributed by atoms with Crippen molar-refractivity contribution in [2.24, 2.45) is 11.7 Å². The van der Waals surface area contributed by atoms with Crippen molar-refractivity contribution < 1.29 is 4.79 Å². The zero-order chi connectivity index (χ0) is 16.1. The quantitative estimate of drug-likeness (QED) is 0.868. The lowest BCUT2D eigenvalue weighted by molar-refractivity contribution is -0.132. The Morgan fingerprint density at radius 1 is 1.32 bits per heavy atom. The number of carbonyl (C=O) groups excluding carboxylic acids is 1. The van der Waals surface area contributed by atoms with E-state index in [0.29, 0.717) is 18.2 Å². The number of hydrogen-bond acceptors (Lipinski definition) is 2. The van der Waals surface area contributed by atoms with Crippen LogP contribution in [0.5, 0.6) is 0 Å². The van der Waals surface area contributed by atoms with E-state index in [2.05, 4.69) is 39.0 Å². The fourth-order valence-corrected chi connectivity index (χ4v) is 3.07. The molecule has 22 heavy (non-hydrogen) atoms. The van der Waals surface area contributed by atoms with Crippen LogP contribution in [0.25, 0.3) is 0 Å². The van der Waals surface area contributed by atoms with E-state index >= 15 is 0 Å². The van der Waals surface area contributed by atoms with E-state index in [-0.39, 0.29) is 6.04 Å². The Kier molecular flexibility index (Phi) is 6.01. The standard InChI is InChI=1S/C19H30N2O/c1-4-6-7-18(22)21-11-10-15-8-9-16(12-17(15)13-21)19(20)14(3)5-2/h8-9,12,14,19H,4-7,10-11,13,20H2,1-3H3. The summed E-state index contributed by atoms with van der Waals surface area (Å²) in [5, 5.41) is 0. The molecule has 2 rings (SSSR count). The zero-order valence-electron chi connectivity index (χ0n) is 14.3. The van der Waals surface area contributed by atoms with E-state index in [1.807, 2.05) is 4.90 Å². The van der Waals surface area contributed by atoms with E-state index in [0.717, 1.165) is 38.8 Å². The van der Waals surface area contributed by atoms with E-state index < -0.39 is 0 Å². The summed E-state index contributed by atoms with van der Waals surface area (Å²) in [6.45, 7) is 8.11. The predicted octanol–water partition coefficient (Wildman–Crippen LogP) is 3.81. The van der Waals surface area contributed by atoms with Gasteiger partial charge in [-0.25, -0.2) is 0 Å². The van der Waals surface area contributed by atoms with Gasteiger partial charge < -0.3 is 10.6 Å². The number of carbonyl (C=O) groups is 1. The molecule has 0 aliphatic carbocycles. The first-order chi connectivity index (χ1) is 10.6. The summed E-state index contributed by atoms with van der Waals surface area (Å²) in [5.74, 6) is 0.771. The van der Waals surface area contributed by atoms with Crippen molar-refractivity contribution in [2.75, 3.05) is 6.54 Å². The first-order valence-electron chi connectivity index (χ1n) is 8.71. The van der Waals surface area contributed by atoms with E-state index in [4.69, 9.17) is 5.73 Å². The molecule has 3 nitrogen and oxygen atoms in total. The van der Waals surface area contributed by atoms with Crippen LogP contribution in [-0.2, 0) is 17.8 Å². The largest absolute Gasteiger partial charge is 0.338 e. The van der Waals surface area contributed by atoms with Gasteiger partial charge in [0.1, 0.15) is 0 Å². The topological polar surface area (TPSA) is 46.3 Å². The van der Waals surface area contributed by atoms with Gasteiger partial charge in [-0.15, -0.1) is 0 Å². The molecule has 0 radical (unpaired) electrons. The number of benzene rings is 1. The molecule has 0 saturated heterocycles. The maximum atomic E-state index is 12.2. The molecule has 1 aromatic rings. The van der Waals surface area contributed by atoms with E-state index in [1.54, 1.807) is 0 Å². The first kappa shape index (κ1) is 17.0. The molecule has 0 spiro atoms. The highest BCUT2D eigenvalue weighted by molar-refractivity contribution is 5.76. The molecule has 0 bridgehead atoms. The second kappa shape index (κ2) is 7.77. The minimum Gasteiger partial charge on any atom is -0.338 e. The minimum atomic E-state index is 0.0847. The molecule has 0 aromatic heterocycles. The lowest BCUT2D eigenvalue weighted by Crippen LogP contribution is -2.36. The van der Waals surface area contributed by atoms with Crippen molar-refractivity contribution in [1.82, 2.24) is 4.90 Å². The fourth-order valence-electron chi connectivity index (χ4n) is 3.07. The summed E-state index contributed by atoms with van der Waals surface area (Å²) in [4.78, 5) is 14.3. The van der Waals surface area contributed by atoms with Crippen LogP contribution in [0, 0.1) is 5.92 Å². The Morgan fingerprint density at radius 2 is 2.09 bits per heavy atom. The fraction of sp³-hybridized carbons (Fsp3) is 0.632. The summed E-state index contributed by atoms with van der Waals surface area (Å²) in [7, 11) is 0. The number of fused-ring (bicyclic) bond motifs is 1. The molecular weight excluding hydrogens is 272 g/mol. The van der Waals surface area contributed by atoms with Gasteiger partial charge in [-0.05, 0) is 35.4 Å². The van der Waals surface area contributed by atoms with Crippen LogP contribution in [0.15, 0.2) is 18.2 Å². The summed E-state index contributed by atoms with van der Waals surface area (Å²) < 4.78 is 0. The molecule has 1 aromatic carbocycles. The second-order valence-electron chi connectivity index (χ2n) is 6.61. The van der Waals surface area contributed by atoms with Gasteiger partial charge in [0.05, 0.1) is 0 Å². The van der Waals surface area contributed by atoms with Gasteiger partial charge in [0, 0.05) is 25.6 Å². The Bertz CT molecular complexity index is 512. The molecule has 2 unspecified atom stereocenters. The number of amides is 1. The lowest BCUT2D eigenvalue weighted by atomic mass is 9.89. The maximum Gasteiger partial charge on any atom is 0.222 e. The van der Waals surface area contributed by atoms with Crippen LogP contribution in [0.4, 0.5) is 0 Å². The average molecular weight is 302 g/mol. The first-order valence-corrected chi connectivity index (χ1v) is 8.71. The molecule has 2 atom stereocenters. The molecule has 1 aliphatic rings. The lowest BCUT2D eigenvalue weighted by Gasteiger charge is -2.30. The Hall–Kier alpha value is -1.35. The highest BCUT2D eigenvalue weighted by atomic mass is 16.2. The van der Waals surface area contributed by atoms with E-state index in [1.165, 1.54) is 16.7 Å². The summed E-state index contributed by atoms with van der Waals surface area (Å²) in [6.07, 6.45) is 4.79. The number of nitrogens with two attached hydrogens (primary N) is 1. The second-order valence-corrected chi connectivity index (χ2v) is 6.61. The molecule has 1 heterocycles. The van der Waals surface area contributed by atoms with Gasteiger partial charge in [-0.3, -0.25) is 4.79 Å². The normalized spacial score (nSPS) is 17.0. The van der Waals surface area contributed by atoms with Gasteiger partial charge in [0.15, 0.2) is 0 Å². The van der Waals surface area contributed by atoms with Crippen molar-refractivity contribution in [3.8, 4) is 0 Å². The SMILES string of the molecule is CCCCC(=O)N1CCc2ccc(C(N)C(C)CC)cc2C1. The van der Waals surface area contributed by atoms with Gasteiger partial charge in [-0.2, -0.15) is 0 Å². The molecule has 1 amide bonds. The van der Waals surface area contributed by atoms with Crippen molar-refractivity contribution >= 4 is 5.91 Å². The molecule has 1 aliphatic heterocycles. The van der Waals surface area contributed by atoms with Crippen molar-refractivity contribution in [1.29, 1.82) is 0 Å². The Balaban J connectivity index is 2.11. The number of hydrogen-bond donors (Lipinski definition) is 1. The van der Waals surface area contributed by atoms with Gasteiger partial charge in [0.25, 0.3) is 0 Å². The van der Waals surface area contributed by atoms with Crippen LogP contribution >= 0.6 is 0 Å². The van der Waals surface area contributed by atoms with Crippen molar-refractivity contribution in [2.45, 2.75) is 65.5 Å². The third-order valence-electron chi connectivity index (χ3n) is 4.98. The molecule has 3 heteroatoms.